The molecule has 0 aliphatic carbocycles. The Labute approximate surface area is 198 Å². The molecule has 1 aromatic heterocycles. The van der Waals surface area contributed by atoms with Crippen LogP contribution in [0.15, 0.2) is 29.2 Å². The maximum Gasteiger partial charge on any atom is 0.243 e. The van der Waals surface area contributed by atoms with Crippen LogP contribution in [-0.2, 0) is 27.8 Å². The molecule has 33 heavy (non-hydrogen) atoms. The molecule has 1 aliphatic rings. The molecule has 2 aromatic rings. The van der Waals surface area contributed by atoms with Crippen LogP contribution < -0.4 is 5.32 Å². The molecule has 9 heteroatoms. The van der Waals surface area contributed by atoms with E-state index in [4.69, 9.17) is 0 Å². The lowest BCUT2D eigenvalue weighted by molar-refractivity contribution is -0.116. The first-order chi connectivity index (χ1) is 15.6. The lowest BCUT2D eigenvalue weighted by Crippen LogP contribution is -2.48. The van der Waals surface area contributed by atoms with Gasteiger partial charge in [-0.15, -0.1) is 0 Å². The summed E-state index contributed by atoms with van der Waals surface area (Å²) in [5.41, 5.74) is 3.66. The van der Waals surface area contributed by atoms with Crippen LogP contribution in [0.3, 0.4) is 0 Å². The predicted molar refractivity (Wildman–Crippen MR) is 131 cm³/mol. The molecule has 1 saturated heterocycles. The molecule has 0 atom stereocenters. The first-order valence-corrected chi connectivity index (χ1v) is 13.2. The molecule has 1 N–H and O–H groups in total. The lowest BCUT2D eigenvalue weighted by atomic mass is 10.1. The maximum absolute atomic E-state index is 13.1. The number of hydrogen-bond donors (Lipinski definition) is 1. The number of hydrogen-bond acceptors (Lipinski definition) is 5. The zero-order valence-electron chi connectivity index (χ0n) is 20.5. The van der Waals surface area contributed by atoms with Crippen LogP contribution in [0, 0.1) is 19.8 Å². The smallest absolute Gasteiger partial charge is 0.243 e. The van der Waals surface area contributed by atoms with E-state index >= 15 is 0 Å². The Morgan fingerprint density at radius 3 is 2.48 bits per heavy atom. The molecular formula is C24H37N5O3S. The minimum atomic E-state index is -3.58. The number of anilines is 1. The molecule has 0 radical (unpaired) electrons. The van der Waals surface area contributed by atoms with Gasteiger partial charge < -0.3 is 10.2 Å². The quantitative estimate of drug-likeness (QED) is 0.602. The minimum Gasteiger partial charge on any atom is -0.326 e. The lowest BCUT2D eigenvalue weighted by Gasteiger charge is -2.33. The summed E-state index contributed by atoms with van der Waals surface area (Å²) in [4.78, 5) is 15.1. The van der Waals surface area contributed by atoms with E-state index in [9.17, 15) is 13.2 Å². The Morgan fingerprint density at radius 1 is 1.15 bits per heavy atom. The number of aryl methyl sites for hydroxylation is 1. The highest BCUT2D eigenvalue weighted by molar-refractivity contribution is 7.89. The van der Waals surface area contributed by atoms with E-state index < -0.39 is 10.0 Å². The van der Waals surface area contributed by atoms with Gasteiger partial charge in [-0.3, -0.25) is 9.48 Å². The molecule has 2 heterocycles. The molecule has 0 saturated carbocycles. The Morgan fingerprint density at radius 2 is 1.85 bits per heavy atom. The predicted octanol–water partition coefficient (Wildman–Crippen LogP) is 3.05. The van der Waals surface area contributed by atoms with E-state index in [-0.39, 0.29) is 10.8 Å². The zero-order valence-corrected chi connectivity index (χ0v) is 21.3. The van der Waals surface area contributed by atoms with Crippen LogP contribution in [0.2, 0.25) is 0 Å². The summed E-state index contributed by atoms with van der Waals surface area (Å²) in [7, 11) is -3.58. The Kier molecular flexibility index (Phi) is 8.31. The molecule has 182 valence electrons. The Bertz CT molecular complexity index is 1070. The van der Waals surface area contributed by atoms with Crippen LogP contribution in [-0.4, -0.2) is 66.0 Å². The number of carbonyl (C=O) groups is 1. The number of benzene rings is 1. The SMILES string of the molecule is CCN1CCN(S(=O)(=O)c2cccc(NC(=O)CCc3c(C)nn(CC(C)C)c3C)c2)CC1. The molecule has 1 aliphatic heterocycles. The van der Waals surface area contributed by atoms with Gasteiger partial charge in [-0.25, -0.2) is 8.42 Å². The van der Waals surface area contributed by atoms with Crippen molar-refractivity contribution in [2.45, 2.75) is 58.9 Å². The fraction of sp³-hybridized carbons (Fsp3) is 0.583. The van der Waals surface area contributed by atoms with Gasteiger partial charge in [-0.1, -0.05) is 26.8 Å². The number of aromatic nitrogens is 2. The third-order valence-corrected chi connectivity index (χ3v) is 8.10. The summed E-state index contributed by atoms with van der Waals surface area (Å²) >= 11 is 0. The second-order valence-electron chi connectivity index (χ2n) is 9.14. The monoisotopic (exact) mass is 475 g/mol. The summed E-state index contributed by atoms with van der Waals surface area (Å²) in [6.45, 7) is 14.6. The number of sulfonamides is 1. The van der Waals surface area contributed by atoms with E-state index in [2.05, 4.69) is 36.1 Å². The second-order valence-corrected chi connectivity index (χ2v) is 11.1. The fourth-order valence-electron chi connectivity index (χ4n) is 4.25. The number of rotatable bonds is 9. The third-order valence-electron chi connectivity index (χ3n) is 6.21. The largest absolute Gasteiger partial charge is 0.326 e. The first kappa shape index (κ1) is 25.4. The van der Waals surface area contributed by atoms with Gasteiger partial charge in [0.1, 0.15) is 0 Å². The highest BCUT2D eigenvalue weighted by atomic mass is 32.2. The van der Waals surface area contributed by atoms with Crippen molar-refractivity contribution in [1.82, 2.24) is 19.0 Å². The van der Waals surface area contributed by atoms with Crippen LogP contribution in [0.5, 0.6) is 0 Å². The van der Waals surface area contributed by atoms with E-state index in [1.165, 1.54) is 4.31 Å². The Hall–Kier alpha value is -2.23. The first-order valence-electron chi connectivity index (χ1n) is 11.8. The minimum absolute atomic E-state index is 0.142. The van der Waals surface area contributed by atoms with Crippen molar-refractivity contribution in [2.24, 2.45) is 5.92 Å². The van der Waals surface area contributed by atoms with Gasteiger partial charge in [-0.2, -0.15) is 9.40 Å². The van der Waals surface area contributed by atoms with Crippen molar-refractivity contribution >= 4 is 21.6 Å². The van der Waals surface area contributed by atoms with E-state index in [0.717, 1.165) is 43.1 Å². The van der Waals surface area contributed by atoms with E-state index in [0.29, 0.717) is 37.5 Å². The molecule has 0 unspecified atom stereocenters. The normalized spacial score (nSPS) is 15.8. The van der Waals surface area contributed by atoms with Gasteiger partial charge in [0.25, 0.3) is 0 Å². The van der Waals surface area contributed by atoms with Gasteiger partial charge in [0, 0.05) is 50.5 Å². The van der Waals surface area contributed by atoms with Crippen molar-refractivity contribution in [3.63, 3.8) is 0 Å². The summed E-state index contributed by atoms with van der Waals surface area (Å²) in [5, 5.41) is 7.48. The van der Waals surface area contributed by atoms with E-state index in [1.54, 1.807) is 24.3 Å². The van der Waals surface area contributed by atoms with Crippen molar-refractivity contribution < 1.29 is 13.2 Å². The van der Waals surface area contributed by atoms with Crippen LogP contribution in [0.4, 0.5) is 5.69 Å². The van der Waals surface area contributed by atoms with Gasteiger partial charge in [0.05, 0.1) is 10.6 Å². The second kappa shape index (κ2) is 10.8. The summed E-state index contributed by atoms with van der Waals surface area (Å²) in [6, 6.07) is 6.54. The summed E-state index contributed by atoms with van der Waals surface area (Å²) in [5.74, 6) is 0.356. The molecule has 1 amide bonds. The molecule has 8 nitrogen and oxygen atoms in total. The summed E-state index contributed by atoms with van der Waals surface area (Å²) < 4.78 is 29.7. The molecule has 0 bridgehead atoms. The van der Waals surface area contributed by atoms with Crippen molar-refractivity contribution in [3.05, 3.63) is 41.2 Å². The van der Waals surface area contributed by atoms with Crippen molar-refractivity contribution in [3.8, 4) is 0 Å². The molecule has 1 aromatic carbocycles. The highest BCUT2D eigenvalue weighted by Crippen LogP contribution is 2.22. The third kappa shape index (κ3) is 6.22. The van der Waals surface area contributed by atoms with Gasteiger partial charge in [0.2, 0.25) is 15.9 Å². The van der Waals surface area contributed by atoms with Crippen molar-refractivity contribution in [1.29, 1.82) is 0 Å². The van der Waals surface area contributed by atoms with Gasteiger partial charge in [0.15, 0.2) is 0 Å². The number of likely N-dealkylation sites (N-methyl/N-ethyl adjacent to an activating group) is 1. The number of piperazine rings is 1. The average Bonchev–Trinajstić information content (AvgIpc) is 3.04. The van der Waals surface area contributed by atoms with E-state index in [1.807, 2.05) is 18.5 Å². The standard InChI is InChI=1S/C24H37N5O3S/c1-6-27-12-14-28(15-13-27)33(31,32)22-9-7-8-21(16-22)25-24(30)11-10-23-19(4)26-29(20(23)5)17-18(2)3/h7-9,16,18H,6,10-15,17H2,1-5H3,(H,25,30). The molecule has 1 fully saturated rings. The van der Waals surface area contributed by atoms with Crippen molar-refractivity contribution in [2.75, 3.05) is 38.0 Å². The number of nitrogens with zero attached hydrogens (tertiary/aromatic N) is 4. The topological polar surface area (TPSA) is 87.5 Å². The molecular weight excluding hydrogens is 438 g/mol. The Balaban J connectivity index is 1.63. The zero-order chi connectivity index (χ0) is 24.2. The number of nitrogens with one attached hydrogen (secondary N) is 1. The van der Waals surface area contributed by atoms with Crippen LogP contribution in [0.25, 0.3) is 0 Å². The van der Waals surface area contributed by atoms with Crippen LogP contribution in [0.1, 0.15) is 44.1 Å². The fourth-order valence-corrected chi connectivity index (χ4v) is 5.72. The summed E-state index contributed by atoms with van der Waals surface area (Å²) in [6.07, 6.45) is 0.909. The maximum atomic E-state index is 13.1. The number of carbonyl (C=O) groups excluding carboxylic acids is 1. The highest BCUT2D eigenvalue weighted by Gasteiger charge is 2.28. The number of amides is 1. The van der Waals surface area contributed by atoms with Crippen LogP contribution >= 0.6 is 0 Å². The average molecular weight is 476 g/mol. The van der Waals surface area contributed by atoms with Gasteiger partial charge >= 0.3 is 0 Å². The molecule has 0 spiro atoms. The molecule has 3 rings (SSSR count). The van der Waals surface area contributed by atoms with Gasteiger partial charge in [-0.05, 0) is 56.5 Å².